The number of rotatable bonds is 4. The molecule has 0 atom stereocenters. The van der Waals surface area contributed by atoms with Crippen LogP contribution in [0.4, 0.5) is 0 Å². The molecule has 19 heavy (non-hydrogen) atoms. The van der Waals surface area contributed by atoms with E-state index in [1.165, 1.54) is 10.5 Å². The molecule has 0 saturated heterocycles. The third kappa shape index (κ3) is 3.75. The van der Waals surface area contributed by atoms with Gasteiger partial charge in [0.2, 0.25) is 0 Å². The average molecular weight is 337 g/mol. The van der Waals surface area contributed by atoms with Gasteiger partial charge in [-0.1, -0.05) is 41.6 Å². The van der Waals surface area contributed by atoms with Crippen molar-refractivity contribution in [2.24, 2.45) is 10.9 Å². The van der Waals surface area contributed by atoms with Gasteiger partial charge in [0.25, 0.3) is 0 Å². The summed E-state index contributed by atoms with van der Waals surface area (Å²) in [6, 6.07) is 15.8. The van der Waals surface area contributed by atoms with Crippen molar-refractivity contribution in [2.45, 2.75) is 10.6 Å². The summed E-state index contributed by atoms with van der Waals surface area (Å²) in [7, 11) is 0. The summed E-state index contributed by atoms with van der Waals surface area (Å²) in [5.74, 6) is 1.00. The van der Waals surface area contributed by atoms with Crippen LogP contribution >= 0.6 is 27.7 Å². The van der Waals surface area contributed by atoms with Gasteiger partial charge in [0.1, 0.15) is 0 Å². The summed E-state index contributed by atoms with van der Waals surface area (Å²) in [5, 5.41) is 11.6. The number of oxime groups is 1. The Hall–Kier alpha value is -1.46. The Kier molecular flexibility index (Phi) is 4.87. The Morgan fingerprint density at radius 2 is 1.84 bits per heavy atom. The molecule has 0 spiro atoms. The van der Waals surface area contributed by atoms with Crippen LogP contribution in [0.5, 0.6) is 0 Å². The van der Waals surface area contributed by atoms with E-state index in [4.69, 9.17) is 10.9 Å². The molecule has 0 unspecified atom stereocenters. The summed E-state index contributed by atoms with van der Waals surface area (Å²) in [5.41, 5.74) is 7.43. The lowest BCUT2D eigenvalue weighted by molar-refractivity contribution is 0.318. The highest BCUT2D eigenvalue weighted by atomic mass is 79.9. The number of amidine groups is 1. The fraction of sp³-hybridized carbons (Fsp3) is 0.0714. The predicted octanol–water partition coefficient (Wildman–Crippen LogP) is 3.84. The zero-order valence-electron chi connectivity index (χ0n) is 10.1. The van der Waals surface area contributed by atoms with Crippen molar-refractivity contribution in [3.05, 3.63) is 64.1 Å². The SMILES string of the molecule is N/C(=N\O)c1ccc(CSc2ccccc2Br)cc1. The van der Waals surface area contributed by atoms with E-state index in [1.807, 2.05) is 42.5 Å². The maximum absolute atomic E-state index is 8.59. The minimum absolute atomic E-state index is 0.130. The zero-order valence-corrected chi connectivity index (χ0v) is 12.5. The zero-order chi connectivity index (χ0) is 13.7. The van der Waals surface area contributed by atoms with Gasteiger partial charge in [-0.3, -0.25) is 0 Å². The Morgan fingerprint density at radius 1 is 1.16 bits per heavy atom. The highest BCUT2D eigenvalue weighted by Crippen LogP contribution is 2.29. The van der Waals surface area contributed by atoms with Crippen LogP contribution in [-0.4, -0.2) is 11.0 Å². The van der Waals surface area contributed by atoms with Gasteiger partial charge in [-0.2, -0.15) is 0 Å². The van der Waals surface area contributed by atoms with E-state index >= 15 is 0 Å². The predicted molar refractivity (Wildman–Crippen MR) is 82.7 cm³/mol. The quantitative estimate of drug-likeness (QED) is 0.293. The van der Waals surface area contributed by atoms with Crippen LogP contribution < -0.4 is 5.73 Å². The molecular weight excluding hydrogens is 324 g/mol. The van der Waals surface area contributed by atoms with E-state index in [1.54, 1.807) is 11.8 Å². The van der Waals surface area contributed by atoms with E-state index in [0.717, 1.165) is 15.8 Å². The van der Waals surface area contributed by atoms with Crippen LogP contribution in [0.2, 0.25) is 0 Å². The van der Waals surface area contributed by atoms with Crippen LogP contribution in [0.1, 0.15) is 11.1 Å². The van der Waals surface area contributed by atoms with E-state index < -0.39 is 0 Å². The van der Waals surface area contributed by atoms with Crippen molar-refractivity contribution >= 4 is 33.5 Å². The van der Waals surface area contributed by atoms with Gasteiger partial charge < -0.3 is 10.9 Å². The molecule has 2 aromatic carbocycles. The second-order valence-corrected chi connectivity index (χ2v) is 5.77. The molecule has 98 valence electrons. The third-order valence-electron chi connectivity index (χ3n) is 2.59. The number of hydrogen-bond donors (Lipinski definition) is 2. The number of halogens is 1. The lowest BCUT2D eigenvalue weighted by atomic mass is 10.1. The molecule has 0 aliphatic carbocycles. The highest BCUT2D eigenvalue weighted by molar-refractivity contribution is 9.10. The van der Waals surface area contributed by atoms with Gasteiger partial charge in [0, 0.05) is 20.7 Å². The molecule has 0 heterocycles. The van der Waals surface area contributed by atoms with Crippen LogP contribution in [0.25, 0.3) is 0 Å². The summed E-state index contributed by atoms with van der Waals surface area (Å²) in [4.78, 5) is 1.21. The van der Waals surface area contributed by atoms with Gasteiger partial charge in [0.15, 0.2) is 5.84 Å². The Balaban J connectivity index is 2.03. The van der Waals surface area contributed by atoms with Crippen LogP contribution in [0.3, 0.4) is 0 Å². The molecule has 0 radical (unpaired) electrons. The van der Waals surface area contributed by atoms with Crippen molar-refractivity contribution in [2.75, 3.05) is 0 Å². The first-order chi connectivity index (χ1) is 9.20. The molecule has 0 fully saturated rings. The van der Waals surface area contributed by atoms with E-state index in [0.29, 0.717) is 0 Å². The van der Waals surface area contributed by atoms with Crippen molar-refractivity contribution in [3.63, 3.8) is 0 Å². The summed E-state index contributed by atoms with van der Waals surface area (Å²) in [6.45, 7) is 0. The van der Waals surface area contributed by atoms with Crippen LogP contribution in [0, 0.1) is 0 Å². The molecule has 0 aliphatic heterocycles. The fourth-order valence-electron chi connectivity index (χ4n) is 1.55. The first-order valence-electron chi connectivity index (χ1n) is 5.65. The molecule has 2 aromatic rings. The maximum atomic E-state index is 8.59. The topological polar surface area (TPSA) is 58.6 Å². The minimum atomic E-state index is 0.130. The minimum Gasteiger partial charge on any atom is -0.409 e. The monoisotopic (exact) mass is 336 g/mol. The van der Waals surface area contributed by atoms with Crippen LogP contribution in [-0.2, 0) is 5.75 Å². The summed E-state index contributed by atoms with van der Waals surface area (Å²) >= 11 is 5.29. The summed E-state index contributed by atoms with van der Waals surface area (Å²) in [6.07, 6.45) is 0. The molecule has 5 heteroatoms. The van der Waals surface area contributed by atoms with Crippen molar-refractivity contribution in [1.82, 2.24) is 0 Å². The van der Waals surface area contributed by atoms with Crippen molar-refractivity contribution in [1.29, 1.82) is 0 Å². The van der Waals surface area contributed by atoms with E-state index in [9.17, 15) is 0 Å². The lowest BCUT2D eigenvalue weighted by Gasteiger charge is -2.05. The number of nitrogens with zero attached hydrogens (tertiary/aromatic N) is 1. The lowest BCUT2D eigenvalue weighted by Crippen LogP contribution is -2.12. The van der Waals surface area contributed by atoms with Gasteiger partial charge in [-0.25, -0.2) is 0 Å². The normalized spacial score (nSPS) is 11.5. The number of nitrogens with two attached hydrogens (primary N) is 1. The van der Waals surface area contributed by atoms with Crippen molar-refractivity contribution in [3.8, 4) is 0 Å². The molecule has 3 N–H and O–H groups in total. The number of thioether (sulfide) groups is 1. The largest absolute Gasteiger partial charge is 0.409 e. The number of hydrogen-bond acceptors (Lipinski definition) is 3. The third-order valence-corrected chi connectivity index (χ3v) is 4.69. The average Bonchev–Trinajstić information content (AvgIpc) is 2.46. The molecule has 0 amide bonds. The van der Waals surface area contributed by atoms with Gasteiger partial charge in [0.05, 0.1) is 0 Å². The molecule has 0 aromatic heterocycles. The molecule has 0 aliphatic rings. The van der Waals surface area contributed by atoms with E-state index in [-0.39, 0.29) is 5.84 Å². The molecule has 2 rings (SSSR count). The van der Waals surface area contributed by atoms with Gasteiger partial charge in [-0.15, -0.1) is 11.8 Å². The smallest absolute Gasteiger partial charge is 0.170 e. The summed E-state index contributed by atoms with van der Waals surface area (Å²) < 4.78 is 1.10. The second-order valence-electron chi connectivity index (χ2n) is 3.90. The van der Waals surface area contributed by atoms with Gasteiger partial charge >= 0.3 is 0 Å². The molecule has 0 saturated carbocycles. The molecule has 3 nitrogen and oxygen atoms in total. The molecule has 0 bridgehead atoms. The first-order valence-corrected chi connectivity index (χ1v) is 7.42. The number of benzene rings is 2. The standard InChI is InChI=1S/C14H13BrN2OS/c15-12-3-1-2-4-13(12)19-9-10-5-7-11(8-6-10)14(16)17-18/h1-8,18H,9H2,(H2,16,17). The van der Waals surface area contributed by atoms with E-state index in [2.05, 4.69) is 27.2 Å². The Labute approximate surface area is 124 Å². The maximum Gasteiger partial charge on any atom is 0.170 e. The highest BCUT2D eigenvalue weighted by Gasteiger charge is 2.02. The van der Waals surface area contributed by atoms with Crippen molar-refractivity contribution < 1.29 is 5.21 Å². The second kappa shape index (κ2) is 6.63. The van der Waals surface area contributed by atoms with Crippen LogP contribution in [0.15, 0.2) is 63.1 Å². The first kappa shape index (κ1) is 14.0. The molecular formula is C14H13BrN2OS. The Bertz CT molecular complexity index is 584. The fourth-order valence-corrected chi connectivity index (χ4v) is 3.08. The Morgan fingerprint density at radius 3 is 2.47 bits per heavy atom. The van der Waals surface area contributed by atoms with Gasteiger partial charge in [-0.05, 0) is 33.6 Å².